The maximum atomic E-state index is 13.0. The second-order valence-electron chi connectivity index (χ2n) is 6.03. The van der Waals surface area contributed by atoms with Crippen LogP contribution in [0.25, 0.3) is 0 Å². The number of hydrogen-bond acceptors (Lipinski definition) is 3. The molecule has 0 saturated heterocycles. The molecule has 0 spiro atoms. The van der Waals surface area contributed by atoms with E-state index in [-0.39, 0.29) is 24.5 Å². The molecule has 0 saturated carbocycles. The lowest BCUT2D eigenvalue weighted by Crippen LogP contribution is -2.31. The summed E-state index contributed by atoms with van der Waals surface area (Å²) in [6, 6.07) is 10.4. The number of nitrogens with two attached hydrogens (primary N) is 2. The van der Waals surface area contributed by atoms with Crippen molar-refractivity contribution in [3.05, 3.63) is 71.3 Å². The van der Waals surface area contributed by atoms with Crippen molar-refractivity contribution in [1.29, 1.82) is 0 Å². The molecule has 1 amide bonds. The fourth-order valence-electron chi connectivity index (χ4n) is 2.30. The third-order valence-electron chi connectivity index (χ3n) is 3.75. The maximum Gasteiger partial charge on any atom is 0.320 e. The van der Waals surface area contributed by atoms with E-state index in [1.807, 2.05) is 0 Å². The molecule has 0 radical (unpaired) electrons. The van der Waals surface area contributed by atoms with E-state index in [2.05, 4.69) is 0 Å². The van der Waals surface area contributed by atoms with E-state index in [4.69, 9.17) is 51.4 Å². The van der Waals surface area contributed by atoms with Gasteiger partial charge >= 0.3 is 5.97 Å². The average Bonchev–Trinajstić information content (AvgIpc) is 2.62. The number of carbonyl (C=O) groups is 2. The van der Waals surface area contributed by atoms with Crippen LogP contribution in [0.5, 0.6) is 0 Å². The molecule has 0 bridgehead atoms. The molecule has 2 rings (SSSR count). The topological polar surface area (TPSA) is 106 Å². The molecule has 5 N–H and O–H groups in total. The van der Waals surface area contributed by atoms with Gasteiger partial charge in [-0.1, -0.05) is 59.1 Å². The fourth-order valence-corrected chi connectivity index (χ4v) is 3.06. The summed E-state index contributed by atoms with van der Waals surface area (Å²) in [4.78, 5) is 20.1. The highest BCUT2D eigenvalue weighted by Crippen LogP contribution is 2.45. The first-order valence-corrected chi connectivity index (χ1v) is 9.39. The van der Waals surface area contributed by atoms with Gasteiger partial charge in [0.05, 0.1) is 5.92 Å². The van der Waals surface area contributed by atoms with E-state index in [0.717, 1.165) is 0 Å². The van der Waals surface area contributed by atoms with Crippen LogP contribution in [0.15, 0.2) is 48.5 Å². The van der Waals surface area contributed by atoms with Crippen molar-refractivity contribution in [3.8, 4) is 0 Å². The Morgan fingerprint density at radius 1 is 0.931 bits per heavy atom. The summed E-state index contributed by atoms with van der Waals surface area (Å²) < 4.78 is 24.3. The summed E-state index contributed by atoms with van der Waals surface area (Å²) in [6.07, 6.45) is 0.123. The normalized spacial score (nSPS) is 12.1. The molecule has 5 nitrogen and oxygen atoms in total. The first-order valence-electron chi connectivity index (χ1n) is 8.26. The van der Waals surface area contributed by atoms with Gasteiger partial charge in [-0.2, -0.15) is 0 Å². The van der Waals surface area contributed by atoms with Crippen molar-refractivity contribution < 1.29 is 23.5 Å². The Morgan fingerprint density at radius 2 is 1.31 bits per heavy atom. The van der Waals surface area contributed by atoms with E-state index < -0.39 is 27.6 Å². The number of aliphatic carboxylic acids is 1. The second-order valence-corrected chi connectivity index (χ2v) is 8.40. The third kappa shape index (κ3) is 8.95. The Kier molecular flexibility index (Phi) is 9.79. The molecule has 0 aliphatic heterocycles. The largest absolute Gasteiger partial charge is 0.480 e. The van der Waals surface area contributed by atoms with Crippen LogP contribution in [0.3, 0.4) is 0 Å². The van der Waals surface area contributed by atoms with Gasteiger partial charge in [0.25, 0.3) is 0 Å². The van der Waals surface area contributed by atoms with Crippen LogP contribution in [0.2, 0.25) is 0 Å². The summed E-state index contributed by atoms with van der Waals surface area (Å²) in [5.41, 5.74) is 11.1. The lowest BCUT2D eigenvalue weighted by molar-refractivity contribution is -0.138. The summed E-state index contributed by atoms with van der Waals surface area (Å²) >= 11 is 18.0. The number of benzene rings is 2. The molecule has 158 valence electrons. The predicted molar refractivity (Wildman–Crippen MR) is 109 cm³/mol. The zero-order chi connectivity index (χ0) is 22.2. The molecular formula is C19H19Cl3F2N2O3. The summed E-state index contributed by atoms with van der Waals surface area (Å²) in [7, 11) is 0. The Hall–Kier alpha value is -1.93. The van der Waals surface area contributed by atoms with Crippen molar-refractivity contribution >= 4 is 46.7 Å². The van der Waals surface area contributed by atoms with E-state index in [1.165, 1.54) is 24.3 Å². The van der Waals surface area contributed by atoms with Crippen molar-refractivity contribution in [2.75, 3.05) is 0 Å². The van der Waals surface area contributed by atoms with Gasteiger partial charge in [0, 0.05) is 6.42 Å². The second kappa shape index (κ2) is 11.3. The lowest BCUT2D eigenvalue weighted by Gasteiger charge is -2.25. The van der Waals surface area contributed by atoms with E-state index in [1.54, 1.807) is 24.3 Å². The molecule has 0 heterocycles. The van der Waals surface area contributed by atoms with Crippen LogP contribution in [0.4, 0.5) is 8.78 Å². The monoisotopic (exact) mass is 466 g/mol. The predicted octanol–water partition coefficient (Wildman–Crippen LogP) is 4.13. The Bertz CT molecular complexity index is 767. The zero-order valence-electron chi connectivity index (χ0n) is 15.0. The molecule has 0 aromatic heterocycles. The third-order valence-corrected chi connectivity index (χ3v) is 4.41. The first-order chi connectivity index (χ1) is 13.4. The zero-order valence-corrected chi connectivity index (χ0v) is 17.3. The molecule has 29 heavy (non-hydrogen) atoms. The number of alkyl halides is 3. The number of halogens is 5. The van der Waals surface area contributed by atoms with E-state index in [9.17, 15) is 18.4 Å². The molecular weight excluding hydrogens is 449 g/mol. The van der Waals surface area contributed by atoms with E-state index >= 15 is 0 Å². The number of hydrogen-bond donors (Lipinski definition) is 3. The summed E-state index contributed by atoms with van der Waals surface area (Å²) in [5, 5.41) is 8.22. The molecule has 10 heteroatoms. The molecule has 0 aliphatic rings. The highest BCUT2D eigenvalue weighted by Gasteiger charge is 2.35. The Labute approximate surface area is 181 Å². The summed E-state index contributed by atoms with van der Waals surface area (Å²) in [6.45, 7) is 0. The number of rotatable bonds is 6. The number of carboxylic acid groups (broad SMARTS) is 1. The smallest absolute Gasteiger partial charge is 0.320 e. The van der Waals surface area contributed by atoms with Crippen molar-refractivity contribution in [2.24, 2.45) is 11.5 Å². The lowest BCUT2D eigenvalue weighted by atomic mass is 9.92. The molecule has 1 unspecified atom stereocenters. The van der Waals surface area contributed by atoms with Gasteiger partial charge in [-0.05, 0) is 41.8 Å². The number of carbonyl (C=O) groups excluding carboxylic acids is 1. The van der Waals surface area contributed by atoms with Crippen molar-refractivity contribution in [2.45, 2.75) is 28.6 Å². The van der Waals surface area contributed by atoms with Crippen LogP contribution >= 0.6 is 34.8 Å². The van der Waals surface area contributed by atoms with Gasteiger partial charge in [0.1, 0.15) is 17.7 Å². The van der Waals surface area contributed by atoms with Gasteiger partial charge in [0.2, 0.25) is 9.70 Å². The molecule has 0 aliphatic carbocycles. The van der Waals surface area contributed by atoms with Crippen LogP contribution in [0.1, 0.15) is 29.9 Å². The fraction of sp³-hybridized carbons (Fsp3) is 0.263. The number of primary amides is 1. The highest BCUT2D eigenvalue weighted by atomic mass is 35.6. The minimum atomic E-state index is -1.62. The van der Waals surface area contributed by atoms with Gasteiger partial charge < -0.3 is 16.6 Å². The Balaban J connectivity index is 0.000000359. The number of carboxylic acids is 1. The summed E-state index contributed by atoms with van der Waals surface area (Å²) in [5.74, 6) is -2.98. The SMILES string of the molecule is Fc1ccc(C(c2ccc(F)cc2)C(Cl)(Cl)Cl)cc1.NC(=O)CCC(N)C(=O)O. The minimum absolute atomic E-state index is 0.0213. The number of amides is 1. The molecule has 2 aromatic carbocycles. The van der Waals surface area contributed by atoms with Gasteiger partial charge in [-0.25, -0.2) is 8.78 Å². The van der Waals surface area contributed by atoms with Crippen LogP contribution in [0, 0.1) is 11.6 Å². The first kappa shape index (κ1) is 25.1. The molecule has 0 fully saturated rings. The highest BCUT2D eigenvalue weighted by molar-refractivity contribution is 6.68. The van der Waals surface area contributed by atoms with Crippen LogP contribution in [-0.4, -0.2) is 26.8 Å². The van der Waals surface area contributed by atoms with Crippen LogP contribution in [-0.2, 0) is 9.59 Å². The Morgan fingerprint density at radius 3 is 1.59 bits per heavy atom. The van der Waals surface area contributed by atoms with Crippen molar-refractivity contribution in [3.63, 3.8) is 0 Å². The van der Waals surface area contributed by atoms with E-state index in [0.29, 0.717) is 11.1 Å². The average molecular weight is 468 g/mol. The standard InChI is InChI=1S/C14H9Cl3F2.C5H10N2O3/c15-14(16,17)13(9-1-5-11(18)6-2-9)10-3-7-12(19)8-4-10;6-3(5(9)10)1-2-4(7)8/h1-8,13H;3H,1-2,6H2,(H2,7,8)(H,9,10). The van der Waals surface area contributed by atoms with Gasteiger partial charge in [-0.3, -0.25) is 9.59 Å². The van der Waals surface area contributed by atoms with Crippen molar-refractivity contribution in [1.82, 2.24) is 0 Å². The molecule has 1 atom stereocenters. The van der Waals surface area contributed by atoms with Crippen LogP contribution < -0.4 is 11.5 Å². The molecule has 2 aromatic rings. The minimum Gasteiger partial charge on any atom is -0.480 e. The van der Waals surface area contributed by atoms with Gasteiger partial charge in [0.15, 0.2) is 0 Å². The quantitative estimate of drug-likeness (QED) is 0.555. The maximum absolute atomic E-state index is 13.0. The van der Waals surface area contributed by atoms with Gasteiger partial charge in [-0.15, -0.1) is 0 Å².